The normalized spacial score (nSPS) is 17.0. The molecule has 0 radical (unpaired) electrons. The molecular weight excluding hydrogens is 288 g/mol. The maximum atomic E-state index is 2.33. The van der Waals surface area contributed by atoms with E-state index in [4.69, 9.17) is 0 Å². The summed E-state index contributed by atoms with van der Waals surface area (Å²) in [5.74, 6) is 0. The molecule has 2 aromatic carbocycles. The molecule has 24 heavy (non-hydrogen) atoms. The van der Waals surface area contributed by atoms with E-state index < -0.39 is 0 Å². The Kier molecular flexibility index (Phi) is 2.18. The predicted octanol–water partition coefficient (Wildman–Crippen LogP) is 2.36. The van der Waals surface area contributed by atoms with Crippen LogP contribution in [0.1, 0.15) is 22.3 Å². The molecule has 0 fully saturated rings. The third kappa shape index (κ3) is 1.53. The van der Waals surface area contributed by atoms with Gasteiger partial charge in [0.15, 0.2) is 0 Å². The van der Waals surface area contributed by atoms with E-state index in [1.807, 2.05) is 0 Å². The van der Waals surface area contributed by atoms with E-state index in [1.54, 1.807) is 0 Å². The smallest absolute Gasteiger partial charge is 0.00987 e. The predicted molar refractivity (Wildman–Crippen MR) is 103 cm³/mol. The summed E-state index contributed by atoms with van der Waals surface area (Å²) in [5.41, 5.74) is 7.98. The van der Waals surface area contributed by atoms with Crippen LogP contribution in [-0.4, -0.2) is 0 Å². The van der Waals surface area contributed by atoms with Crippen LogP contribution in [-0.2, 0) is 0 Å². The average Bonchev–Trinajstić information content (AvgIpc) is 3.35. The summed E-state index contributed by atoms with van der Waals surface area (Å²) < 4.78 is 0. The van der Waals surface area contributed by atoms with Gasteiger partial charge < -0.3 is 0 Å². The lowest BCUT2D eigenvalue weighted by Crippen LogP contribution is -2.18. The summed E-state index contributed by atoms with van der Waals surface area (Å²) in [6.45, 7) is 0. The summed E-state index contributed by atoms with van der Waals surface area (Å²) in [5, 5.41) is 5.35. The molecule has 0 heteroatoms. The molecular formula is C24H14. The third-order valence-electron chi connectivity index (χ3n) is 5.34. The molecule has 0 unspecified atom stereocenters. The molecule has 0 aromatic heterocycles. The third-order valence-corrected chi connectivity index (χ3v) is 5.34. The van der Waals surface area contributed by atoms with Crippen molar-refractivity contribution >= 4 is 47.6 Å². The molecule has 2 aromatic rings. The molecule has 0 saturated carbocycles. The van der Waals surface area contributed by atoms with Gasteiger partial charge in [-0.1, -0.05) is 60.8 Å². The van der Waals surface area contributed by atoms with Crippen LogP contribution in [0.15, 0.2) is 48.6 Å². The Labute approximate surface area is 139 Å². The zero-order chi connectivity index (χ0) is 15.7. The SMILES string of the molecule is C1=Cc2cc3c(cc2=C1)C=CC=3C1=c2cc3c(cc2C=C1)=CC=C3. The lowest BCUT2D eigenvalue weighted by atomic mass is 10.0. The van der Waals surface area contributed by atoms with E-state index >= 15 is 0 Å². The zero-order valence-corrected chi connectivity index (χ0v) is 13.1. The van der Waals surface area contributed by atoms with Gasteiger partial charge in [0.05, 0.1) is 0 Å². The van der Waals surface area contributed by atoms with Gasteiger partial charge in [0.1, 0.15) is 0 Å². The fourth-order valence-electron chi connectivity index (χ4n) is 4.13. The highest BCUT2D eigenvalue weighted by Gasteiger charge is 2.15. The summed E-state index contributed by atoms with van der Waals surface area (Å²) >= 11 is 0. The molecule has 0 heterocycles. The van der Waals surface area contributed by atoms with Crippen LogP contribution in [0.2, 0.25) is 0 Å². The zero-order valence-electron chi connectivity index (χ0n) is 13.1. The van der Waals surface area contributed by atoms with E-state index in [-0.39, 0.29) is 0 Å². The second kappa shape index (κ2) is 4.24. The van der Waals surface area contributed by atoms with Gasteiger partial charge in [-0.15, -0.1) is 0 Å². The molecule has 0 amide bonds. The van der Waals surface area contributed by atoms with E-state index in [2.05, 4.69) is 85.0 Å². The van der Waals surface area contributed by atoms with Crippen LogP contribution in [0.4, 0.5) is 0 Å². The highest BCUT2D eigenvalue weighted by Crippen LogP contribution is 2.24. The Morgan fingerprint density at radius 2 is 0.917 bits per heavy atom. The van der Waals surface area contributed by atoms with E-state index in [9.17, 15) is 0 Å². The molecule has 0 bridgehead atoms. The monoisotopic (exact) mass is 302 g/mol. The van der Waals surface area contributed by atoms with Crippen molar-refractivity contribution in [2.75, 3.05) is 0 Å². The Bertz CT molecular complexity index is 1210. The van der Waals surface area contributed by atoms with Crippen LogP contribution < -0.4 is 20.9 Å². The minimum atomic E-state index is 1.32. The number of hydrogen-bond acceptors (Lipinski definition) is 0. The molecule has 0 atom stereocenters. The fraction of sp³-hybridized carbons (Fsp3) is 0. The molecule has 6 rings (SSSR count). The number of hydrogen-bond donors (Lipinski definition) is 0. The Balaban J connectivity index is 1.71. The van der Waals surface area contributed by atoms with Crippen LogP contribution >= 0.6 is 0 Å². The van der Waals surface area contributed by atoms with Crippen molar-refractivity contribution < 1.29 is 0 Å². The van der Waals surface area contributed by atoms with Gasteiger partial charge in [-0.3, -0.25) is 0 Å². The number of rotatable bonds is 1. The summed E-state index contributed by atoms with van der Waals surface area (Å²) in [4.78, 5) is 0. The van der Waals surface area contributed by atoms with Gasteiger partial charge in [-0.25, -0.2) is 0 Å². The van der Waals surface area contributed by atoms with Crippen molar-refractivity contribution in [2.24, 2.45) is 0 Å². The second-order valence-corrected chi connectivity index (χ2v) is 6.68. The molecule has 4 aliphatic rings. The van der Waals surface area contributed by atoms with Crippen LogP contribution in [0.3, 0.4) is 0 Å². The average molecular weight is 302 g/mol. The number of allylic oxidation sites excluding steroid dienone is 4. The minimum Gasteiger partial charge on any atom is -0.0610 e. The highest BCUT2D eigenvalue weighted by atomic mass is 14.2. The van der Waals surface area contributed by atoms with Gasteiger partial charge in [0.25, 0.3) is 0 Å². The van der Waals surface area contributed by atoms with Crippen molar-refractivity contribution in [3.05, 3.63) is 91.7 Å². The van der Waals surface area contributed by atoms with E-state index in [1.165, 1.54) is 54.3 Å². The summed E-state index contributed by atoms with van der Waals surface area (Å²) in [6.07, 6.45) is 22.1. The maximum Gasteiger partial charge on any atom is -0.00987 e. The molecule has 110 valence electrons. The minimum absolute atomic E-state index is 1.32. The first-order valence-electron chi connectivity index (χ1n) is 8.37. The summed E-state index contributed by atoms with van der Waals surface area (Å²) in [7, 11) is 0. The van der Waals surface area contributed by atoms with Crippen molar-refractivity contribution in [1.82, 2.24) is 0 Å². The van der Waals surface area contributed by atoms with Gasteiger partial charge in [-0.05, 0) is 78.5 Å². The van der Waals surface area contributed by atoms with Crippen molar-refractivity contribution in [2.45, 2.75) is 0 Å². The first-order valence-corrected chi connectivity index (χ1v) is 8.37. The topological polar surface area (TPSA) is 0 Å². The molecule has 0 nitrogen and oxygen atoms in total. The molecule has 0 N–H and O–H groups in total. The highest BCUT2D eigenvalue weighted by molar-refractivity contribution is 6.07. The van der Waals surface area contributed by atoms with Crippen LogP contribution in [0.25, 0.3) is 47.6 Å². The first-order chi connectivity index (χ1) is 11.9. The number of benzene rings is 2. The second-order valence-electron chi connectivity index (χ2n) is 6.68. The van der Waals surface area contributed by atoms with Crippen LogP contribution in [0, 0.1) is 0 Å². The largest absolute Gasteiger partial charge is 0.0610 e. The van der Waals surface area contributed by atoms with E-state index in [0.717, 1.165) is 0 Å². The standard InChI is InChI=1S/C24H14/c1-3-15-11-19-7-9-21(23(19)13-17(15)5-1)22-10-8-20-12-16-4-2-6-18(16)14-24(20)22/h1-14H. The Hall–Kier alpha value is -3.12. The van der Waals surface area contributed by atoms with Gasteiger partial charge in [-0.2, -0.15) is 0 Å². The molecule has 0 saturated heterocycles. The summed E-state index contributed by atoms with van der Waals surface area (Å²) in [6, 6.07) is 9.27. The van der Waals surface area contributed by atoms with Crippen molar-refractivity contribution in [3.8, 4) is 0 Å². The van der Waals surface area contributed by atoms with Crippen molar-refractivity contribution in [1.29, 1.82) is 0 Å². The fourth-order valence-corrected chi connectivity index (χ4v) is 4.13. The van der Waals surface area contributed by atoms with E-state index in [0.29, 0.717) is 0 Å². The van der Waals surface area contributed by atoms with Crippen molar-refractivity contribution in [3.63, 3.8) is 0 Å². The maximum absolute atomic E-state index is 2.33. The van der Waals surface area contributed by atoms with Crippen LogP contribution in [0.5, 0.6) is 0 Å². The Morgan fingerprint density at radius 1 is 0.417 bits per heavy atom. The molecule has 4 aliphatic carbocycles. The first kappa shape index (κ1) is 12.3. The number of fused-ring (bicyclic) bond motifs is 4. The van der Waals surface area contributed by atoms with Gasteiger partial charge in [0, 0.05) is 0 Å². The quantitative estimate of drug-likeness (QED) is 0.759. The molecule has 0 aliphatic heterocycles. The molecule has 0 spiro atoms. The van der Waals surface area contributed by atoms with Gasteiger partial charge >= 0.3 is 0 Å². The lowest BCUT2D eigenvalue weighted by Gasteiger charge is -2.03. The Morgan fingerprint density at radius 3 is 1.42 bits per heavy atom. The van der Waals surface area contributed by atoms with Gasteiger partial charge in [0.2, 0.25) is 0 Å². The lowest BCUT2D eigenvalue weighted by molar-refractivity contribution is 1.49.